The van der Waals surface area contributed by atoms with Gasteiger partial charge >= 0.3 is 6.18 Å². The first kappa shape index (κ1) is 21.4. The summed E-state index contributed by atoms with van der Waals surface area (Å²) in [4.78, 5) is 8.52. The van der Waals surface area contributed by atoms with Crippen LogP contribution in [0, 0.1) is 12.7 Å². The molecule has 0 spiro atoms. The SMILES string of the molecule is Cc1nc(N[C@H]2CCC[C@H](N)C2)ncc1-c1ccc(C(F)(F)F)cc1F.Cl. The molecule has 9 heteroatoms. The van der Waals surface area contributed by atoms with E-state index in [4.69, 9.17) is 5.73 Å². The fraction of sp³-hybridized carbons (Fsp3) is 0.444. The van der Waals surface area contributed by atoms with Crippen molar-refractivity contribution in [1.29, 1.82) is 0 Å². The summed E-state index contributed by atoms with van der Waals surface area (Å²) in [7, 11) is 0. The van der Waals surface area contributed by atoms with Crippen LogP contribution < -0.4 is 11.1 Å². The number of anilines is 1. The van der Waals surface area contributed by atoms with Gasteiger partial charge in [0, 0.05) is 29.4 Å². The summed E-state index contributed by atoms with van der Waals surface area (Å²) in [5, 5.41) is 3.23. The molecule has 0 aliphatic heterocycles. The van der Waals surface area contributed by atoms with Crippen molar-refractivity contribution in [2.24, 2.45) is 5.73 Å². The molecule has 3 rings (SSSR count). The lowest BCUT2D eigenvalue weighted by atomic mass is 9.92. The lowest BCUT2D eigenvalue weighted by Gasteiger charge is -2.27. The summed E-state index contributed by atoms with van der Waals surface area (Å²) in [5.74, 6) is -0.539. The van der Waals surface area contributed by atoms with E-state index in [1.54, 1.807) is 6.92 Å². The molecule has 4 nitrogen and oxygen atoms in total. The molecule has 0 unspecified atom stereocenters. The van der Waals surface area contributed by atoms with Crippen molar-refractivity contribution in [3.63, 3.8) is 0 Å². The number of nitrogens with one attached hydrogen (secondary N) is 1. The highest BCUT2D eigenvalue weighted by Gasteiger charge is 2.31. The number of alkyl halides is 3. The summed E-state index contributed by atoms with van der Waals surface area (Å²) < 4.78 is 52.2. The van der Waals surface area contributed by atoms with Gasteiger partial charge in [-0.1, -0.05) is 6.07 Å². The predicted molar refractivity (Wildman–Crippen MR) is 98.3 cm³/mol. The number of nitrogens with two attached hydrogens (primary N) is 1. The maximum Gasteiger partial charge on any atom is 0.416 e. The molecule has 0 amide bonds. The third kappa shape index (κ3) is 5.07. The zero-order chi connectivity index (χ0) is 18.9. The van der Waals surface area contributed by atoms with E-state index >= 15 is 0 Å². The predicted octanol–water partition coefficient (Wildman–Crippen LogP) is 4.71. The van der Waals surface area contributed by atoms with Gasteiger partial charge in [-0.25, -0.2) is 14.4 Å². The van der Waals surface area contributed by atoms with Gasteiger partial charge in [-0.05, 0) is 44.7 Å². The van der Waals surface area contributed by atoms with E-state index in [2.05, 4.69) is 15.3 Å². The number of nitrogens with zero attached hydrogens (tertiary/aromatic N) is 2. The van der Waals surface area contributed by atoms with Crippen molar-refractivity contribution in [3.05, 3.63) is 41.5 Å². The van der Waals surface area contributed by atoms with Gasteiger partial charge in [0.2, 0.25) is 5.95 Å². The maximum atomic E-state index is 14.2. The van der Waals surface area contributed by atoms with E-state index < -0.39 is 17.6 Å². The Bertz CT molecular complexity index is 797. The lowest BCUT2D eigenvalue weighted by Crippen LogP contribution is -2.35. The third-order valence-electron chi connectivity index (χ3n) is 4.61. The minimum atomic E-state index is -4.58. The van der Waals surface area contributed by atoms with Crippen LogP contribution in [0.4, 0.5) is 23.5 Å². The standard InChI is InChI=1S/C18H20F4N4.ClH/c1-10-15(14-6-5-11(7-16(14)19)18(20,21)22)9-24-17(25-10)26-13-4-2-3-12(23)8-13;/h5-7,9,12-13H,2-4,8,23H2,1H3,(H,24,25,26);1H/t12-,13-;/m0./s1. The molecule has 2 atom stereocenters. The Hall–Kier alpha value is -1.93. The van der Waals surface area contributed by atoms with Gasteiger partial charge in [0.05, 0.1) is 11.3 Å². The molecule has 0 saturated heterocycles. The van der Waals surface area contributed by atoms with Crippen LogP contribution in [0.5, 0.6) is 0 Å². The maximum absolute atomic E-state index is 14.2. The van der Waals surface area contributed by atoms with Gasteiger partial charge in [-0.3, -0.25) is 0 Å². The molecule has 1 aliphatic carbocycles. The van der Waals surface area contributed by atoms with Gasteiger partial charge in [0.15, 0.2) is 0 Å². The molecular weight excluding hydrogens is 384 g/mol. The second kappa shape index (κ2) is 8.39. The Labute approximate surface area is 161 Å². The van der Waals surface area contributed by atoms with Gasteiger partial charge in [0.1, 0.15) is 5.82 Å². The molecule has 0 radical (unpaired) electrons. The minimum absolute atomic E-state index is 0. The molecule has 1 saturated carbocycles. The van der Waals surface area contributed by atoms with Crippen molar-refractivity contribution < 1.29 is 17.6 Å². The van der Waals surface area contributed by atoms with E-state index in [-0.39, 0.29) is 30.1 Å². The number of aromatic nitrogens is 2. The zero-order valence-corrected chi connectivity index (χ0v) is 15.5. The van der Waals surface area contributed by atoms with Crippen LogP contribution in [0.2, 0.25) is 0 Å². The van der Waals surface area contributed by atoms with Gasteiger partial charge in [-0.15, -0.1) is 12.4 Å². The number of benzene rings is 1. The minimum Gasteiger partial charge on any atom is -0.351 e. The molecule has 27 heavy (non-hydrogen) atoms. The second-order valence-corrected chi connectivity index (χ2v) is 6.65. The van der Waals surface area contributed by atoms with Crippen LogP contribution in [0.1, 0.15) is 36.9 Å². The fourth-order valence-corrected chi connectivity index (χ4v) is 3.25. The molecule has 1 aliphatic rings. The third-order valence-corrected chi connectivity index (χ3v) is 4.61. The van der Waals surface area contributed by atoms with Gasteiger partial charge in [-0.2, -0.15) is 13.2 Å². The molecule has 148 valence electrons. The van der Waals surface area contributed by atoms with Gasteiger partial charge in [0.25, 0.3) is 0 Å². The van der Waals surface area contributed by atoms with E-state index in [9.17, 15) is 17.6 Å². The van der Waals surface area contributed by atoms with Crippen LogP contribution in [0.25, 0.3) is 11.1 Å². The van der Waals surface area contributed by atoms with Crippen molar-refractivity contribution in [2.75, 3.05) is 5.32 Å². The average molecular weight is 405 g/mol. The largest absolute Gasteiger partial charge is 0.416 e. The van der Waals surface area contributed by atoms with E-state index in [1.807, 2.05) is 0 Å². The van der Waals surface area contributed by atoms with Crippen molar-refractivity contribution in [3.8, 4) is 11.1 Å². The average Bonchev–Trinajstić information content (AvgIpc) is 2.55. The molecule has 1 aromatic heterocycles. The van der Waals surface area contributed by atoms with Crippen LogP contribution in [0.15, 0.2) is 24.4 Å². The number of hydrogen-bond acceptors (Lipinski definition) is 4. The van der Waals surface area contributed by atoms with Crippen molar-refractivity contribution in [1.82, 2.24) is 9.97 Å². The fourth-order valence-electron chi connectivity index (χ4n) is 3.25. The Morgan fingerprint density at radius 2 is 1.93 bits per heavy atom. The first-order valence-electron chi connectivity index (χ1n) is 8.47. The van der Waals surface area contributed by atoms with Crippen molar-refractivity contribution >= 4 is 18.4 Å². The second-order valence-electron chi connectivity index (χ2n) is 6.65. The molecule has 1 heterocycles. The molecule has 1 aromatic carbocycles. The van der Waals surface area contributed by atoms with E-state index in [0.717, 1.165) is 37.8 Å². The Kier molecular flexibility index (Phi) is 6.64. The van der Waals surface area contributed by atoms with Crippen molar-refractivity contribution in [2.45, 2.75) is 50.9 Å². The smallest absolute Gasteiger partial charge is 0.351 e. The van der Waals surface area contributed by atoms with Crippen LogP contribution in [0.3, 0.4) is 0 Å². The van der Waals surface area contributed by atoms with E-state index in [0.29, 0.717) is 23.3 Å². The monoisotopic (exact) mass is 404 g/mol. The first-order chi connectivity index (χ1) is 12.2. The summed E-state index contributed by atoms with van der Waals surface area (Å²) in [6.07, 6.45) is 0.693. The number of rotatable bonds is 3. The molecule has 3 N–H and O–H groups in total. The highest BCUT2D eigenvalue weighted by atomic mass is 35.5. The molecular formula is C18H21ClF4N4. The highest BCUT2D eigenvalue weighted by molar-refractivity contribution is 5.85. The van der Waals surface area contributed by atoms with E-state index in [1.165, 1.54) is 6.20 Å². The zero-order valence-electron chi connectivity index (χ0n) is 14.7. The van der Waals surface area contributed by atoms with Crippen LogP contribution in [-0.4, -0.2) is 22.1 Å². The van der Waals surface area contributed by atoms with Crippen LogP contribution in [-0.2, 0) is 6.18 Å². The molecule has 2 aromatic rings. The Morgan fingerprint density at radius 3 is 2.52 bits per heavy atom. The van der Waals surface area contributed by atoms with Crippen LogP contribution >= 0.6 is 12.4 Å². The molecule has 1 fully saturated rings. The number of aryl methyl sites for hydroxylation is 1. The summed E-state index contributed by atoms with van der Waals surface area (Å²) in [6, 6.07) is 2.80. The first-order valence-corrected chi connectivity index (χ1v) is 8.47. The summed E-state index contributed by atoms with van der Waals surface area (Å²) in [5.41, 5.74) is 5.84. The van der Waals surface area contributed by atoms with Gasteiger partial charge < -0.3 is 11.1 Å². The number of hydrogen-bond donors (Lipinski definition) is 2. The lowest BCUT2D eigenvalue weighted by molar-refractivity contribution is -0.137. The number of halogens is 5. The Morgan fingerprint density at radius 1 is 1.19 bits per heavy atom. The molecule has 0 bridgehead atoms. The summed E-state index contributed by atoms with van der Waals surface area (Å²) >= 11 is 0. The topological polar surface area (TPSA) is 63.8 Å². The Balaban J connectivity index is 0.00000261. The highest BCUT2D eigenvalue weighted by Crippen LogP contribution is 2.33. The summed E-state index contributed by atoms with van der Waals surface area (Å²) in [6.45, 7) is 1.67. The quantitative estimate of drug-likeness (QED) is 0.727. The normalized spacial score (nSPS) is 20.1.